The number of anilines is 1. The van der Waals surface area contributed by atoms with E-state index in [1.165, 1.54) is 17.4 Å². The number of carbonyl (C=O) groups is 1. The van der Waals surface area contributed by atoms with Gasteiger partial charge >= 0.3 is 0 Å². The highest BCUT2D eigenvalue weighted by Crippen LogP contribution is 2.24. The number of benzene rings is 1. The third-order valence-electron chi connectivity index (χ3n) is 2.24. The van der Waals surface area contributed by atoms with Crippen LogP contribution in [0.25, 0.3) is 0 Å². The zero-order valence-electron chi connectivity index (χ0n) is 8.96. The molecule has 1 aromatic heterocycles. The summed E-state index contributed by atoms with van der Waals surface area (Å²) >= 11 is 4.65. The van der Waals surface area contributed by atoms with Gasteiger partial charge in [-0.2, -0.15) is 0 Å². The molecule has 88 valence electrons. The highest BCUT2D eigenvalue weighted by atomic mass is 79.9. The van der Waals surface area contributed by atoms with Gasteiger partial charge in [-0.1, -0.05) is 0 Å². The SMILES string of the molecule is Cc1cc(NC(=O)c2sccc2Br)ccc1F. The Hall–Kier alpha value is -1.20. The molecule has 17 heavy (non-hydrogen) atoms. The summed E-state index contributed by atoms with van der Waals surface area (Å²) in [5, 5.41) is 4.56. The average Bonchev–Trinajstić information content (AvgIpc) is 2.70. The summed E-state index contributed by atoms with van der Waals surface area (Å²) < 4.78 is 13.8. The molecule has 0 bridgehead atoms. The van der Waals surface area contributed by atoms with Gasteiger partial charge in [-0.05, 0) is 58.1 Å². The summed E-state index contributed by atoms with van der Waals surface area (Å²) in [7, 11) is 0. The van der Waals surface area contributed by atoms with E-state index in [0.717, 1.165) is 4.47 Å². The van der Waals surface area contributed by atoms with Crippen molar-refractivity contribution in [2.24, 2.45) is 0 Å². The molecule has 0 saturated carbocycles. The third kappa shape index (κ3) is 2.73. The highest BCUT2D eigenvalue weighted by Gasteiger charge is 2.11. The zero-order chi connectivity index (χ0) is 12.4. The number of halogens is 2. The van der Waals surface area contributed by atoms with Crippen LogP contribution in [-0.4, -0.2) is 5.91 Å². The summed E-state index contributed by atoms with van der Waals surface area (Å²) in [5.41, 5.74) is 1.10. The molecule has 0 saturated heterocycles. The van der Waals surface area contributed by atoms with Crippen molar-refractivity contribution in [1.29, 1.82) is 0 Å². The van der Waals surface area contributed by atoms with E-state index in [1.807, 2.05) is 11.4 Å². The maximum atomic E-state index is 13.1. The van der Waals surface area contributed by atoms with Gasteiger partial charge in [0.25, 0.3) is 5.91 Å². The van der Waals surface area contributed by atoms with E-state index in [4.69, 9.17) is 0 Å². The van der Waals surface area contributed by atoms with E-state index in [0.29, 0.717) is 16.1 Å². The number of rotatable bonds is 2. The minimum atomic E-state index is -0.277. The molecule has 5 heteroatoms. The second-order valence-corrected chi connectivity index (χ2v) is 5.29. The van der Waals surface area contributed by atoms with Gasteiger partial charge in [-0.15, -0.1) is 11.3 Å². The molecule has 1 aromatic carbocycles. The van der Waals surface area contributed by atoms with E-state index >= 15 is 0 Å². The number of hydrogen-bond acceptors (Lipinski definition) is 2. The summed E-state index contributed by atoms with van der Waals surface area (Å²) in [4.78, 5) is 12.5. The van der Waals surface area contributed by atoms with Gasteiger partial charge in [0.05, 0.1) is 0 Å². The van der Waals surface area contributed by atoms with Crippen LogP contribution in [0.4, 0.5) is 10.1 Å². The quantitative estimate of drug-likeness (QED) is 0.884. The lowest BCUT2D eigenvalue weighted by Crippen LogP contribution is -2.10. The van der Waals surface area contributed by atoms with Crippen molar-refractivity contribution >= 4 is 38.9 Å². The van der Waals surface area contributed by atoms with E-state index in [2.05, 4.69) is 21.2 Å². The van der Waals surface area contributed by atoms with Crippen LogP contribution >= 0.6 is 27.3 Å². The average molecular weight is 314 g/mol. The summed E-state index contributed by atoms with van der Waals surface area (Å²) in [6.45, 7) is 1.66. The minimum absolute atomic E-state index is 0.196. The molecule has 1 heterocycles. The molecule has 0 radical (unpaired) electrons. The maximum Gasteiger partial charge on any atom is 0.266 e. The molecule has 0 spiro atoms. The fraction of sp³-hybridized carbons (Fsp3) is 0.0833. The van der Waals surface area contributed by atoms with Gasteiger partial charge in [0.15, 0.2) is 0 Å². The standard InChI is InChI=1S/C12H9BrFNOS/c1-7-6-8(2-3-10(7)14)15-12(16)11-9(13)4-5-17-11/h2-6H,1H3,(H,15,16). The van der Waals surface area contributed by atoms with Gasteiger partial charge in [-0.25, -0.2) is 4.39 Å². The molecular formula is C12H9BrFNOS. The van der Waals surface area contributed by atoms with Gasteiger partial charge in [-0.3, -0.25) is 4.79 Å². The smallest absolute Gasteiger partial charge is 0.266 e. The van der Waals surface area contributed by atoms with Crippen LogP contribution in [0.15, 0.2) is 34.1 Å². The lowest BCUT2D eigenvalue weighted by Gasteiger charge is -2.05. The van der Waals surface area contributed by atoms with Crippen LogP contribution in [0.3, 0.4) is 0 Å². The molecule has 1 N–H and O–H groups in total. The molecule has 2 aromatic rings. The van der Waals surface area contributed by atoms with Crippen LogP contribution in [-0.2, 0) is 0 Å². The lowest BCUT2D eigenvalue weighted by molar-refractivity contribution is 0.103. The van der Waals surface area contributed by atoms with E-state index < -0.39 is 0 Å². The van der Waals surface area contributed by atoms with Gasteiger partial charge in [0, 0.05) is 10.2 Å². The first-order valence-electron chi connectivity index (χ1n) is 4.88. The Labute approximate surface area is 111 Å². The number of aryl methyl sites for hydroxylation is 1. The van der Waals surface area contributed by atoms with Gasteiger partial charge in [0.2, 0.25) is 0 Å². The molecule has 0 fully saturated rings. The van der Waals surface area contributed by atoms with E-state index in [1.54, 1.807) is 19.1 Å². The summed E-state index contributed by atoms with van der Waals surface area (Å²) in [5.74, 6) is -0.474. The highest BCUT2D eigenvalue weighted by molar-refractivity contribution is 9.10. The Kier molecular flexibility index (Phi) is 3.59. The third-order valence-corrected chi connectivity index (χ3v) is 4.08. The lowest BCUT2D eigenvalue weighted by atomic mass is 10.2. The number of thiophene rings is 1. The van der Waals surface area contributed by atoms with Crippen molar-refractivity contribution in [3.05, 3.63) is 50.4 Å². The molecule has 0 atom stereocenters. The molecule has 0 aliphatic heterocycles. The second-order valence-electron chi connectivity index (χ2n) is 3.52. The van der Waals surface area contributed by atoms with Gasteiger partial charge < -0.3 is 5.32 Å². The Morgan fingerprint density at radius 3 is 2.76 bits per heavy atom. The zero-order valence-corrected chi connectivity index (χ0v) is 11.4. The van der Waals surface area contributed by atoms with Crippen molar-refractivity contribution in [1.82, 2.24) is 0 Å². The van der Waals surface area contributed by atoms with Crippen molar-refractivity contribution in [2.75, 3.05) is 5.32 Å². The van der Waals surface area contributed by atoms with Crippen LogP contribution < -0.4 is 5.32 Å². The molecular weight excluding hydrogens is 305 g/mol. The molecule has 0 unspecified atom stereocenters. The largest absolute Gasteiger partial charge is 0.321 e. The topological polar surface area (TPSA) is 29.1 Å². The maximum absolute atomic E-state index is 13.1. The number of carbonyl (C=O) groups excluding carboxylic acids is 1. The van der Waals surface area contributed by atoms with Crippen LogP contribution in [0.1, 0.15) is 15.2 Å². The first kappa shape index (κ1) is 12.3. The monoisotopic (exact) mass is 313 g/mol. The first-order valence-corrected chi connectivity index (χ1v) is 6.55. The summed E-state index contributed by atoms with van der Waals surface area (Å²) in [6, 6.07) is 6.31. The number of amides is 1. The fourth-order valence-corrected chi connectivity index (χ4v) is 2.81. The molecule has 0 aliphatic rings. The van der Waals surface area contributed by atoms with E-state index in [-0.39, 0.29) is 11.7 Å². The van der Waals surface area contributed by atoms with E-state index in [9.17, 15) is 9.18 Å². The Bertz CT molecular complexity index is 567. The number of hydrogen-bond donors (Lipinski definition) is 1. The molecule has 2 rings (SSSR count). The van der Waals surface area contributed by atoms with Crippen LogP contribution in [0.5, 0.6) is 0 Å². The molecule has 1 amide bonds. The first-order chi connectivity index (χ1) is 8.08. The molecule has 2 nitrogen and oxygen atoms in total. The summed E-state index contributed by atoms with van der Waals surface area (Å²) in [6.07, 6.45) is 0. The Morgan fingerprint density at radius 1 is 1.41 bits per heavy atom. The second kappa shape index (κ2) is 4.98. The van der Waals surface area contributed by atoms with Crippen molar-refractivity contribution in [3.63, 3.8) is 0 Å². The Balaban J connectivity index is 2.19. The van der Waals surface area contributed by atoms with Crippen molar-refractivity contribution < 1.29 is 9.18 Å². The molecule has 0 aliphatic carbocycles. The van der Waals surface area contributed by atoms with Crippen LogP contribution in [0, 0.1) is 12.7 Å². The van der Waals surface area contributed by atoms with Gasteiger partial charge in [0.1, 0.15) is 10.7 Å². The predicted molar refractivity (Wildman–Crippen MR) is 71.1 cm³/mol. The number of nitrogens with one attached hydrogen (secondary N) is 1. The van der Waals surface area contributed by atoms with Crippen molar-refractivity contribution in [3.8, 4) is 0 Å². The minimum Gasteiger partial charge on any atom is -0.321 e. The van der Waals surface area contributed by atoms with Crippen LogP contribution in [0.2, 0.25) is 0 Å². The normalized spacial score (nSPS) is 10.3. The van der Waals surface area contributed by atoms with Crippen molar-refractivity contribution in [2.45, 2.75) is 6.92 Å². The fourth-order valence-electron chi connectivity index (χ4n) is 1.37. The predicted octanol–water partition coefficient (Wildman–Crippen LogP) is 4.21. The Morgan fingerprint density at radius 2 is 2.18 bits per heavy atom.